The largest absolute Gasteiger partial charge is 0.467 e. The van der Waals surface area contributed by atoms with Crippen molar-refractivity contribution in [3.05, 3.63) is 0 Å². The second-order valence-corrected chi connectivity index (χ2v) is 8.82. The zero-order valence-electron chi connectivity index (χ0n) is 19.4. The molecule has 0 radical (unpaired) electrons. The second kappa shape index (κ2) is 12.6. The molecule has 1 rings (SSSR count). The van der Waals surface area contributed by atoms with Crippen molar-refractivity contribution in [3.8, 4) is 0 Å². The van der Waals surface area contributed by atoms with Crippen LogP contribution in [0.1, 0.15) is 53.9 Å². The predicted molar refractivity (Wildman–Crippen MR) is 115 cm³/mol. The van der Waals surface area contributed by atoms with Crippen molar-refractivity contribution < 1.29 is 29.0 Å². The van der Waals surface area contributed by atoms with Crippen LogP contribution in [-0.4, -0.2) is 72.7 Å². The Labute approximate surface area is 184 Å². The van der Waals surface area contributed by atoms with E-state index >= 15 is 0 Å². The highest BCUT2D eigenvalue weighted by Gasteiger charge is 2.34. The van der Waals surface area contributed by atoms with Crippen LogP contribution in [0.3, 0.4) is 0 Å². The molecule has 0 aromatic rings. The number of nitrogens with one attached hydrogen (secondary N) is 4. The lowest BCUT2D eigenvalue weighted by molar-refractivity contribution is -0.146. The fraction of sp³-hybridized carbons (Fsp3) is 0.810. The van der Waals surface area contributed by atoms with Crippen molar-refractivity contribution in [1.82, 2.24) is 21.3 Å². The lowest BCUT2D eigenvalue weighted by Crippen LogP contribution is -2.60. The summed E-state index contributed by atoms with van der Waals surface area (Å²) < 4.78 is 4.74. The standard InChI is InChI=1S/C21H38N4O6/c1-11(2)10-15(21(30)31-6)23-20(29)17(13(5)26)25-19(28)16(12(3)4)24-18(27)14-8-7-9-22-14/h11-17,22,26H,7-10H2,1-6H3,(H,23,29)(H,24,27)(H,25,28)/t13-,14+,15+,16+,17+/m1/s1. The number of amides is 3. The molecule has 0 bridgehead atoms. The summed E-state index contributed by atoms with van der Waals surface area (Å²) in [6, 6.07) is -3.42. The maximum atomic E-state index is 12.9. The minimum absolute atomic E-state index is 0.105. The fourth-order valence-corrected chi connectivity index (χ4v) is 3.43. The maximum Gasteiger partial charge on any atom is 0.328 e. The van der Waals surface area contributed by atoms with Crippen LogP contribution in [0.2, 0.25) is 0 Å². The molecule has 5 N–H and O–H groups in total. The third kappa shape index (κ3) is 8.45. The molecular formula is C21H38N4O6. The summed E-state index contributed by atoms with van der Waals surface area (Å²) in [6.45, 7) is 9.46. The topological polar surface area (TPSA) is 146 Å². The van der Waals surface area contributed by atoms with Gasteiger partial charge in [0.15, 0.2) is 0 Å². The minimum Gasteiger partial charge on any atom is -0.467 e. The molecule has 1 saturated heterocycles. The first-order valence-corrected chi connectivity index (χ1v) is 10.9. The lowest BCUT2D eigenvalue weighted by atomic mass is 10.0. The zero-order valence-corrected chi connectivity index (χ0v) is 19.4. The summed E-state index contributed by atoms with van der Waals surface area (Å²) in [4.78, 5) is 50.1. The Morgan fingerprint density at radius 3 is 2.06 bits per heavy atom. The van der Waals surface area contributed by atoms with Gasteiger partial charge >= 0.3 is 5.97 Å². The molecule has 1 heterocycles. The van der Waals surface area contributed by atoms with Crippen LogP contribution in [0.25, 0.3) is 0 Å². The molecule has 0 aromatic carbocycles. The molecule has 3 amide bonds. The third-order valence-electron chi connectivity index (χ3n) is 5.20. The molecule has 1 aliphatic heterocycles. The van der Waals surface area contributed by atoms with Crippen LogP contribution in [0.4, 0.5) is 0 Å². The highest BCUT2D eigenvalue weighted by molar-refractivity contribution is 5.94. The lowest BCUT2D eigenvalue weighted by Gasteiger charge is -2.28. The van der Waals surface area contributed by atoms with Gasteiger partial charge < -0.3 is 31.1 Å². The van der Waals surface area contributed by atoms with Gasteiger partial charge in [-0.1, -0.05) is 27.7 Å². The average Bonchev–Trinajstić information content (AvgIpc) is 3.22. The van der Waals surface area contributed by atoms with Crippen LogP contribution in [0, 0.1) is 11.8 Å². The van der Waals surface area contributed by atoms with E-state index in [1.165, 1.54) is 14.0 Å². The highest BCUT2D eigenvalue weighted by Crippen LogP contribution is 2.10. The maximum absolute atomic E-state index is 12.9. The van der Waals surface area contributed by atoms with Crippen LogP contribution >= 0.6 is 0 Å². The number of methoxy groups -OCH3 is 1. The van der Waals surface area contributed by atoms with E-state index < -0.39 is 42.0 Å². The summed E-state index contributed by atoms with van der Waals surface area (Å²) in [6.07, 6.45) is 0.708. The minimum atomic E-state index is -1.30. The Morgan fingerprint density at radius 1 is 1.00 bits per heavy atom. The van der Waals surface area contributed by atoms with Crippen molar-refractivity contribution in [2.45, 2.75) is 84.2 Å². The first-order valence-electron chi connectivity index (χ1n) is 10.9. The fourth-order valence-electron chi connectivity index (χ4n) is 3.43. The molecule has 0 spiro atoms. The quantitative estimate of drug-likeness (QED) is 0.270. The summed E-state index contributed by atoms with van der Waals surface area (Å²) in [5.41, 5.74) is 0. The van der Waals surface area contributed by atoms with Crippen LogP contribution < -0.4 is 21.3 Å². The summed E-state index contributed by atoms with van der Waals surface area (Å²) in [5.74, 6) is -2.30. The monoisotopic (exact) mass is 442 g/mol. The molecule has 178 valence electrons. The van der Waals surface area contributed by atoms with E-state index in [1.54, 1.807) is 13.8 Å². The van der Waals surface area contributed by atoms with Gasteiger partial charge in [-0.15, -0.1) is 0 Å². The number of hydrogen-bond donors (Lipinski definition) is 5. The van der Waals surface area contributed by atoms with Gasteiger partial charge in [-0.3, -0.25) is 14.4 Å². The Balaban J connectivity index is 2.87. The molecule has 5 atom stereocenters. The van der Waals surface area contributed by atoms with Crippen molar-refractivity contribution in [2.75, 3.05) is 13.7 Å². The Morgan fingerprint density at radius 2 is 1.61 bits per heavy atom. The molecule has 31 heavy (non-hydrogen) atoms. The Hall–Kier alpha value is -2.20. The van der Waals surface area contributed by atoms with Gasteiger partial charge in [0.25, 0.3) is 0 Å². The number of aliphatic hydroxyl groups excluding tert-OH is 1. The molecule has 0 aliphatic carbocycles. The normalized spacial score (nSPS) is 20.0. The van der Waals surface area contributed by atoms with Crippen molar-refractivity contribution >= 4 is 23.7 Å². The molecule has 1 fully saturated rings. The molecule has 1 aliphatic rings. The molecular weight excluding hydrogens is 404 g/mol. The van der Waals surface area contributed by atoms with E-state index in [0.29, 0.717) is 12.8 Å². The molecule has 10 heteroatoms. The molecule has 10 nitrogen and oxygen atoms in total. The van der Waals surface area contributed by atoms with Crippen molar-refractivity contribution in [3.63, 3.8) is 0 Å². The van der Waals surface area contributed by atoms with Gasteiger partial charge in [-0.2, -0.15) is 0 Å². The number of carbonyl (C=O) groups is 4. The van der Waals surface area contributed by atoms with Crippen LogP contribution in [-0.2, 0) is 23.9 Å². The third-order valence-corrected chi connectivity index (χ3v) is 5.20. The molecule has 0 unspecified atom stereocenters. The van der Waals surface area contributed by atoms with E-state index in [2.05, 4.69) is 21.3 Å². The van der Waals surface area contributed by atoms with Gasteiger partial charge in [0.05, 0.1) is 19.3 Å². The van der Waals surface area contributed by atoms with E-state index in [1.807, 2.05) is 13.8 Å². The number of carbonyl (C=O) groups excluding carboxylic acids is 4. The van der Waals surface area contributed by atoms with Gasteiger partial charge in [-0.05, 0) is 44.6 Å². The van der Waals surface area contributed by atoms with Gasteiger partial charge in [0.2, 0.25) is 17.7 Å². The number of ether oxygens (including phenoxy) is 1. The van der Waals surface area contributed by atoms with Crippen molar-refractivity contribution in [2.24, 2.45) is 11.8 Å². The number of hydrogen-bond acceptors (Lipinski definition) is 7. The van der Waals surface area contributed by atoms with Crippen LogP contribution in [0.5, 0.6) is 0 Å². The SMILES string of the molecule is COC(=O)[C@H](CC(C)C)NC(=O)[C@@H](NC(=O)[C@@H](NC(=O)[C@@H]1CCCN1)C(C)C)[C@@H](C)O. The molecule has 0 aromatic heterocycles. The first kappa shape index (κ1) is 26.8. The van der Waals surface area contributed by atoms with Gasteiger partial charge in [-0.25, -0.2) is 4.79 Å². The molecule has 0 saturated carbocycles. The van der Waals surface area contributed by atoms with Gasteiger partial charge in [0, 0.05) is 0 Å². The van der Waals surface area contributed by atoms with E-state index in [0.717, 1.165) is 13.0 Å². The van der Waals surface area contributed by atoms with Crippen molar-refractivity contribution in [1.29, 1.82) is 0 Å². The van der Waals surface area contributed by atoms with Gasteiger partial charge in [0.1, 0.15) is 18.1 Å². The van der Waals surface area contributed by atoms with Crippen LogP contribution in [0.15, 0.2) is 0 Å². The Bertz CT molecular complexity index is 631. The number of aliphatic hydroxyl groups is 1. The smallest absolute Gasteiger partial charge is 0.328 e. The van der Waals surface area contributed by atoms with E-state index in [9.17, 15) is 24.3 Å². The zero-order chi connectivity index (χ0) is 23.7. The van der Waals surface area contributed by atoms with E-state index in [4.69, 9.17) is 4.74 Å². The Kier molecular flexibility index (Phi) is 10.9. The first-order chi connectivity index (χ1) is 14.5. The highest BCUT2D eigenvalue weighted by atomic mass is 16.5. The summed E-state index contributed by atoms with van der Waals surface area (Å²) in [7, 11) is 1.23. The second-order valence-electron chi connectivity index (χ2n) is 8.82. The predicted octanol–water partition coefficient (Wildman–Crippen LogP) is -0.551. The van der Waals surface area contributed by atoms with E-state index in [-0.39, 0.29) is 23.8 Å². The summed E-state index contributed by atoms with van der Waals surface area (Å²) >= 11 is 0. The average molecular weight is 443 g/mol. The number of rotatable bonds is 11. The summed E-state index contributed by atoms with van der Waals surface area (Å²) in [5, 5.41) is 21.0. The number of esters is 1.